The summed E-state index contributed by atoms with van der Waals surface area (Å²) in [6.45, 7) is 0.722. The van der Waals surface area contributed by atoms with Crippen molar-refractivity contribution >= 4 is 49.6 Å². The number of hydrogen-bond acceptors (Lipinski definition) is 3. The molecule has 4 heteroatoms. The van der Waals surface area contributed by atoms with Crippen LogP contribution in [0.25, 0.3) is 38.0 Å². The van der Waals surface area contributed by atoms with E-state index in [2.05, 4.69) is 63.8 Å². The van der Waals surface area contributed by atoms with Crippen LogP contribution in [0.3, 0.4) is 0 Å². The Labute approximate surface area is 149 Å². The summed E-state index contributed by atoms with van der Waals surface area (Å²) in [6.07, 6.45) is 6.00. The van der Waals surface area contributed by atoms with Gasteiger partial charge in [0, 0.05) is 17.3 Å². The van der Waals surface area contributed by atoms with E-state index < -0.39 is 0 Å². The fraction of sp³-hybridized carbons (Fsp3) is 0.0476. The Morgan fingerprint density at radius 3 is 2.24 bits per heavy atom. The molecule has 1 aliphatic heterocycles. The first-order chi connectivity index (χ1) is 12.3. The average molecular weight is 344 g/mol. The molecule has 0 saturated carbocycles. The van der Waals surface area contributed by atoms with Gasteiger partial charge in [0.25, 0.3) is 0 Å². The van der Waals surface area contributed by atoms with Gasteiger partial charge in [-0.15, -0.1) is 0 Å². The smallest absolute Gasteiger partial charge is 0.223 e. The van der Waals surface area contributed by atoms with Gasteiger partial charge in [-0.1, -0.05) is 54.6 Å². The largest absolute Gasteiger partial charge is 0.387 e. The number of benzene rings is 3. The molecule has 2 heterocycles. The number of halogens is 1. The predicted octanol–water partition coefficient (Wildman–Crippen LogP) is 5.09. The molecule has 5 rings (SSSR count). The quantitative estimate of drug-likeness (QED) is 0.386. The third-order valence-corrected chi connectivity index (χ3v) is 4.83. The normalized spacial score (nSPS) is 14.0. The number of nitrogens with zero attached hydrogens (tertiary/aromatic N) is 2. The van der Waals surface area contributed by atoms with Crippen molar-refractivity contribution in [3.63, 3.8) is 0 Å². The van der Waals surface area contributed by atoms with E-state index in [4.69, 9.17) is 11.6 Å². The zero-order chi connectivity index (χ0) is 16.8. The summed E-state index contributed by atoms with van der Waals surface area (Å²) in [7, 11) is 0. The fourth-order valence-electron chi connectivity index (χ4n) is 3.60. The Morgan fingerprint density at radius 2 is 1.52 bits per heavy atom. The molecule has 0 radical (unpaired) electrons. The van der Waals surface area contributed by atoms with Gasteiger partial charge < -0.3 is 5.32 Å². The highest BCUT2D eigenvalue weighted by Crippen LogP contribution is 2.37. The van der Waals surface area contributed by atoms with E-state index in [1.165, 1.54) is 10.8 Å². The molecule has 0 fully saturated rings. The van der Waals surface area contributed by atoms with Crippen molar-refractivity contribution in [2.45, 2.75) is 0 Å². The number of dihydropyridines is 1. The molecular formula is C21H14ClN3. The van der Waals surface area contributed by atoms with E-state index in [1.807, 2.05) is 18.3 Å². The van der Waals surface area contributed by atoms with Crippen molar-refractivity contribution in [1.29, 1.82) is 0 Å². The van der Waals surface area contributed by atoms with Crippen LogP contribution in [0.4, 0.5) is 0 Å². The minimum atomic E-state index is 0.276. The maximum Gasteiger partial charge on any atom is 0.223 e. The minimum absolute atomic E-state index is 0.276. The van der Waals surface area contributed by atoms with Crippen molar-refractivity contribution in [2.24, 2.45) is 0 Å². The third-order valence-electron chi connectivity index (χ3n) is 4.66. The molecule has 25 heavy (non-hydrogen) atoms. The minimum Gasteiger partial charge on any atom is -0.387 e. The molecule has 3 aromatic carbocycles. The SMILES string of the molecule is Clc1nc(C2=CC=CNC2)c2c3ccccc3c3ccccc3c2n1. The van der Waals surface area contributed by atoms with E-state index in [-0.39, 0.29) is 5.28 Å². The van der Waals surface area contributed by atoms with Crippen LogP contribution in [-0.4, -0.2) is 16.5 Å². The molecule has 0 saturated heterocycles. The fourth-order valence-corrected chi connectivity index (χ4v) is 3.77. The Morgan fingerprint density at radius 1 is 0.840 bits per heavy atom. The maximum absolute atomic E-state index is 6.31. The monoisotopic (exact) mass is 343 g/mol. The number of allylic oxidation sites excluding steroid dienone is 2. The van der Waals surface area contributed by atoms with Gasteiger partial charge in [-0.05, 0) is 45.6 Å². The number of rotatable bonds is 1. The highest BCUT2D eigenvalue weighted by Gasteiger charge is 2.17. The second kappa shape index (κ2) is 5.57. The number of nitrogens with one attached hydrogen (secondary N) is 1. The van der Waals surface area contributed by atoms with Crippen LogP contribution in [0.15, 0.2) is 66.9 Å². The van der Waals surface area contributed by atoms with Gasteiger partial charge >= 0.3 is 0 Å². The maximum atomic E-state index is 6.31. The molecule has 0 spiro atoms. The Hall–Kier alpha value is -2.91. The lowest BCUT2D eigenvalue weighted by Gasteiger charge is -2.16. The highest BCUT2D eigenvalue weighted by molar-refractivity contribution is 6.31. The summed E-state index contributed by atoms with van der Waals surface area (Å²) in [4.78, 5) is 9.19. The van der Waals surface area contributed by atoms with E-state index in [0.29, 0.717) is 0 Å². The molecule has 1 aliphatic rings. The van der Waals surface area contributed by atoms with E-state index >= 15 is 0 Å². The molecule has 0 atom stereocenters. The van der Waals surface area contributed by atoms with Crippen LogP contribution in [0.2, 0.25) is 5.28 Å². The standard InChI is InChI=1S/C21H14ClN3/c22-21-24-19(13-6-5-11-23-12-13)18-16-9-3-1-7-14(16)15-8-2-4-10-17(15)20(18)25-21/h1-11,23H,12H2. The van der Waals surface area contributed by atoms with Gasteiger partial charge in [0.15, 0.2) is 0 Å². The molecule has 4 aromatic rings. The van der Waals surface area contributed by atoms with Crippen molar-refractivity contribution in [2.75, 3.05) is 6.54 Å². The summed E-state index contributed by atoms with van der Waals surface area (Å²) < 4.78 is 0. The Balaban J connectivity index is 2.06. The second-order valence-electron chi connectivity index (χ2n) is 6.09. The van der Waals surface area contributed by atoms with Crippen LogP contribution in [0, 0.1) is 0 Å². The Bertz CT molecular complexity index is 1210. The van der Waals surface area contributed by atoms with Gasteiger partial charge in [-0.25, -0.2) is 9.97 Å². The lowest BCUT2D eigenvalue weighted by atomic mass is 9.94. The van der Waals surface area contributed by atoms with Crippen LogP contribution in [0.1, 0.15) is 5.69 Å². The van der Waals surface area contributed by atoms with Crippen LogP contribution >= 0.6 is 11.6 Å². The highest BCUT2D eigenvalue weighted by atomic mass is 35.5. The van der Waals surface area contributed by atoms with Crippen LogP contribution < -0.4 is 5.32 Å². The zero-order valence-corrected chi connectivity index (χ0v) is 14.1. The van der Waals surface area contributed by atoms with Crippen molar-refractivity contribution in [1.82, 2.24) is 15.3 Å². The lowest BCUT2D eigenvalue weighted by molar-refractivity contribution is 0.978. The van der Waals surface area contributed by atoms with Crippen LogP contribution in [-0.2, 0) is 0 Å². The first-order valence-corrected chi connectivity index (χ1v) is 8.57. The third kappa shape index (κ3) is 2.20. The summed E-state index contributed by atoms with van der Waals surface area (Å²) >= 11 is 6.31. The van der Waals surface area contributed by atoms with Crippen molar-refractivity contribution in [3.05, 3.63) is 77.9 Å². The first-order valence-electron chi connectivity index (χ1n) is 8.19. The van der Waals surface area contributed by atoms with Gasteiger partial charge in [0.1, 0.15) is 0 Å². The molecule has 3 nitrogen and oxygen atoms in total. The summed E-state index contributed by atoms with van der Waals surface area (Å²) in [5, 5.41) is 9.22. The summed E-state index contributed by atoms with van der Waals surface area (Å²) in [5.41, 5.74) is 2.91. The number of aromatic nitrogens is 2. The molecule has 0 aliphatic carbocycles. The van der Waals surface area contributed by atoms with Gasteiger partial charge in [0.2, 0.25) is 5.28 Å². The van der Waals surface area contributed by atoms with E-state index in [1.54, 1.807) is 0 Å². The average Bonchev–Trinajstić information content (AvgIpc) is 2.68. The molecular weight excluding hydrogens is 330 g/mol. The molecule has 0 amide bonds. The van der Waals surface area contributed by atoms with E-state index in [0.717, 1.165) is 39.5 Å². The first kappa shape index (κ1) is 14.4. The van der Waals surface area contributed by atoms with Crippen molar-refractivity contribution in [3.8, 4) is 0 Å². The topological polar surface area (TPSA) is 37.8 Å². The zero-order valence-electron chi connectivity index (χ0n) is 13.3. The van der Waals surface area contributed by atoms with Crippen molar-refractivity contribution < 1.29 is 0 Å². The van der Waals surface area contributed by atoms with Gasteiger partial charge in [0.05, 0.1) is 11.2 Å². The number of hydrogen-bond donors (Lipinski definition) is 1. The van der Waals surface area contributed by atoms with Gasteiger partial charge in [-0.3, -0.25) is 0 Å². The lowest BCUT2D eigenvalue weighted by Crippen LogP contribution is -2.13. The second-order valence-corrected chi connectivity index (χ2v) is 6.43. The molecule has 0 unspecified atom stereocenters. The van der Waals surface area contributed by atoms with Crippen LogP contribution in [0.5, 0.6) is 0 Å². The van der Waals surface area contributed by atoms with Gasteiger partial charge in [-0.2, -0.15) is 0 Å². The molecule has 1 N–H and O–H groups in total. The predicted molar refractivity (Wildman–Crippen MR) is 105 cm³/mol. The van der Waals surface area contributed by atoms with E-state index in [9.17, 15) is 0 Å². The number of fused-ring (bicyclic) bond motifs is 6. The summed E-state index contributed by atoms with van der Waals surface area (Å²) in [5.74, 6) is 0. The molecule has 0 bridgehead atoms. The molecule has 1 aromatic heterocycles. The Kier molecular flexibility index (Phi) is 3.22. The molecule has 120 valence electrons. The summed E-state index contributed by atoms with van der Waals surface area (Å²) in [6, 6.07) is 16.8.